The number of carbonyl (C=O) groups is 1. The summed E-state index contributed by atoms with van der Waals surface area (Å²) in [7, 11) is 0. The molecule has 1 aromatic rings. The average molecular weight is 367 g/mol. The van der Waals surface area contributed by atoms with Crippen molar-refractivity contribution < 1.29 is 4.79 Å². The molecular formula is C17H26N4OS2. The molecule has 0 aliphatic heterocycles. The van der Waals surface area contributed by atoms with Crippen LogP contribution in [0, 0.1) is 17.8 Å². The Hall–Kier alpha value is -0.820. The molecule has 0 saturated heterocycles. The lowest BCUT2D eigenvalue weighted by Crippen LogP contribution is -2.60. The highest BCUT2D eigenvalue weighted by Crippen LogP contribution is 2.55. The van der Waals surface area contributed by atoms with Crippen molar-refractivity contribution in [2.24, 2.45) is 17.8 Å². The fraction of sp³-hybridized carbons (Fsp3) is 0.824. The number of aromatic nitrogens is 2. The maximum Gasteiger partial charge on any atom is 0.233 e. The number of hydrogen-bond acceptors (Lipinski definition) is 6. The largest absolute Gasteiger partial charge is 0.360 e. The highest BCUT2D eigenvalue weighted by molar-refractivity contribution is 8.02. The summed E-state index contributed by atoms with van der Waals surface area (Å²) in [4.78, 5) is 12.8. The molecule has 1 unspecified atom stereocenters. The summed E-state index contributed by atoms with van der Waals surface area (Å²) in [5, 5.41) is 15.6. The Bertz CT molecular complexity index is 582. The van der Waals surface area contributed by atoms with Crippen LogP contribution in [0.1, 0.15) is 52.4 Å². The predicted molar refractivity (Wildman–Crippen MR) is 98.4 cm³/mol. The van der Waals surface area contributed by atoms with Crippen molar-refractivity contribution in [1.82, 2.24) is 15.5 Å². The number of nitrogens with zero attached hydrogens (tertiary/aromatic N) is 2. The molecule has 5 rings (SSSR count). The number of hydrogen-bond donors (Lipinski definition) is 2. The molecule has 2 N–H and O–H groups in total. The zero-order valence-corrected chi connectivity index (χ0v) is 16.0. The van der Waals surface area contributed by atoms with Crippen molar-refractivity contribution in [3.05, 3.63) is 0 Å². The quantitative estimate of drug-likeness (QED) is 0.754. The number of rotatable bonds is 6. The van der Waals surface area contributed by atoms with Crippen molar-refractivity contribution in [3.8, 4) is 0 Å². The Morgan fingerprint density at radius 1 is 1.25 bits per heavy atom. The van der Waals surface area contributed by atoms with Crippen LogP contribution >= 0.6 is 23.1 Å². The lowest BCUT2D eigenvalue weighted by Gasteiger charge is -2.57. The minimum Gasteiger partial charge on any atom is -0.360 e. The van der Waals surface area contributed by atoms with E-state index in [0.29, 0.717) is 0 Å². The molecule has 0 radical (unpaired) electrons. The van der Waals surface area contributed by atoms with Gasteiger partial charge in [-0.2, -0.15) is 0 Å². The van der Waals surface area contributed by atoms with Gasteiger partial charge in [-0.3, -0.25) is 4.79 Å². The lowest BCUT2D eigenvalue weighted by atomic mass is 9.53. The van der Waals surface area contributed by atoms with Crippen molar-refractivity contribution in [2.75, 3.05) is 11.9 Å². The van der Waals surface area contributed by atoms with Gasteiger partial charge in [0.2, 0.25) is 11.0 Å². The molecule has 1 atom stereocenters. The van der Waals surface area contributed by atoms with Crippen LogP contribution in [0.4, 0.5) is 5.13 Å². The Kier molecular flexibility index (Phi) is 4.49. The van der Waals surface area contributed by atoms with E-state index in [4.69, 9.17) is 0 Å². The minimum atomic E-state index is -0.125. The van der Waals surface area contributed by atoms with E-state index in [1.165, 1.54) is 61.6 Å². The molecule has 0 spiro atoms. The molecule has 4 aliphatic carbocycles. The molecule has 1 aromatic heterocycles. The van der Waals surface area contributed by atoms with Crippen molar-refractivity contribution >= 4 is 34.1 Å². The van der Waals surface area contributed by atoms with Gasteiger partial charge < -0.3 is 10.6 Å². The summed E-state index contributed by atoms with van der Waals surface area (Å²) in [6.07, 6.45) is 7.80. The van der Waals surface area contributed by atoms with Crippen LogP contribution in [0.3, 0.4) is 0 Å². The standard InChI is InChI=1S/C17H26N4OS2/c1-3-18-15-20-21-16(24-15)23-10(2)14(22)19-17-7-11-4-12(8-17)6-13(5-11)9-17/h10-13H,3-9H2,1-2H3,(H,18,20)(H,19,22). The van der Waals surface area contributed by atoms with Gasteiger partial charge in [0.15, 0.2) is 4.34 Å². The SMILES string of the molecule is CCNc1nnc(SC(C)C(=O)NC23CC4CC(CC(C4)C2)C3)s1. The third-order valence-corrected chi connectivity index (χ3v) is 7.87. The summed E-state index contributed by atoms with van der Waals surface area (Å²) in [6.45, 7) is 4.85. The number of nitrogens with one attached hydrogen (secondary N) is 2. The summed E-state index contributed by atoms with van der Waals surface area (Å²) in [5.41, 5.74) is 0.0940. The lowest BCUT2D eigenvalue weighted by molar-refractivity contribution is -0.126. The highest BCUT2D eigenvalue weighted by atomic mass is 32.2. The van der Waals surface area contributed by atoms with Gasteiger partial charge in [-0.25, -0.2) is 0 Å². The Balaban J connectivity index is 1.37. The Labute approximate surface area is 151 Å². The number of thioether (sulfide) groups is 1. The van der Waals surface area contributed by atoms with E-state index in [0.717, 1.165) is 33.8 Å². The molecule has 1 heterocycles. The van der Waals surface area contributed by atoms with Crippen molar-refractivity contribution in [2.45, 2.75) is 67.5 Å². The molecule has 4 aliphatic rings. The summed E-state index contributed by atoms with van der Waals surface area (Å²) < 4.78 is 0.860. The molecule has 132 valence electrons. The maximum atomic E-state index is 12.8. The molecule has 0 aromatic carbocycles. The topological polar surface area (TPSA) is 66.9 Å². The molecule has 4 bridgehead atoms. The van der Waals surface area contributed by atoms with E-state index in [1.54, 1.807) is 0 Å². The first kappa shape index (κ1) is 16.6. The molecule has 1 amide bonds. The van der Waals surface area contributed by atoms with E-state index in [2.05, 4.69) is 20.8 Å². The normalized spacial score (nSPS) is 35.0. The van der Waals surface area contributed by atoms with Crippen LogP contribution in [-0.4, -0.2) is 33.4 Å². The molecule has 24 heavy (non-hydrogen) atoms. The van der Waals surface area contributed by atoms with E-state index >= 15 is 0 Å². The van der Waals surface area contributed by atoms with E-state index in [-0.39, 0.29) is 16.7 Å². The third-order valence-electron chi connectivity index (χ3n) is 5.81. The zero-order valence-electron chi connectivity index (χ0n) is 14.4. The number of anilines is 1. The average Bonchev–Trinajstić information content (AvgIpc) is 2.93. The zero-order chi connectivity index (χ0) is 16.7. The van der Waals surface area contributed by atoms with Gasteiger partial charge in [-0.05, 0) is 70.1 Å². The van der Waals surface area contributed by atoms with Gasteiger partial charge in [0.1, 0.15) is 0 Å². The predicted octanol–water partition coefficient (Wildman–Crippen LogP) is 3.54. The van der Waals surface area contributed by atoms with Gasteiger partial charge in [0.05, 0.1) is 5.25 Å². The first-order chi connectivity index (χ1) is 11.5. The summed E-state index contributed by atoms with van der Waals surface area (Å²) in [6, 6.07) is 0. The van der Waals surface area contributed by atoms with Gasteiger partial charge in [-0.15, -0.1) is 10.2 Å². The second-order valence-electron chi connectivity index (χ2n) is 7.85. The maximum absolute atomic E-state index is 12.8. The van der Waals surface area contributed by atoms with Crippen molar-refractivity contribution in [1.29, 1.82) is 0 Å². The van der Waals surface area contributed by atoms with Crippen LogP contribution in [0.15, 0.2) is 4.34 Å². The monoisotopic (exact) mass is 366 g/mol. The van der Waals surface area contributed by atoms with Gasteiger partial charge in [0.25, 0.3) is 0 Å². The molecular weight excluding hydrogens is 340 g/mol. The van der Waals surface area contributed by atoms with Gasteiger partial charge in [0, 0.05) is 12.1 Å². The van der Waals surface area contributed by atoms with Crippen LogP contribution in [-0.2, 0) is 4.79 Å². The second-order valence-corrected chi connectivity index (χ2v) is 10.4. The smallest absolute Gasteiger partial charge is 0.233 e. The number of carbonyl (C=O) groups excluding carboxylic acids is 1. The van der Waals surface area contributed by atoms with Gasteiger partial charge >= 0.3 is 0 Å². The summed E-state index contributed by atoms with van der Waals surface area (Å²) >= 11 is 3.04. The first-order valence-corrected chi connectivity index (χ1v) is 10.8. The molecule has 5 nitrogen and oxygen atoms in total. The van der Waals surface area contributed by atoms with Crippen LogP contribution in [0.2, 0.25) is 0 Å². The second kappa shape index (κ2) is 6.48. The minimum absolute atomic E-state index is 0.0940. The Morgan fingerprint density at radius 2 is 1.88 bits per heavy atom. The molecule has 7 heteroatoms. The first-order valence-electron chi connectivity index (χ1n) is 9.11. The van der Waals surface area contributed by atoms with E-state index < -0.39 is 0 Å². The molecule has 4 fully saturated rings. The van der Waals surface area contributed by atoms with E-state index in [9.17, 15) is 4.79 Å². The van der Waals surface area contributed by atoms with Crippen molar-refractivity contribution in [3.63, 3.8) is 0 Å². The molecule has 4 saturated carbocycles. The third kappa shape index (κ3) is 3.29. The fourth-order valence-corrected chi connectivity index (χ4v) is 7.28. The van der Waals surface area contributed by atoms with Crippen LogP contribution in [0.5, 0.6) is 0 Å². The van der Waals surface area contributed by atoms with E-state index in [1.807, 2.05) is 13.8 Å². The Morgan fingerprint density at radius 3 is 2.46 bits per heavy atom. The van der Waals surface area contributed by atoms with Crippen LogP contribution < -0.4 is 10.6 Å². The van der Waals surface area contributed by atoms with Gasteiger partial charge in [-0.1, -0.05) is 23.1 Å². The van der Waals surface area contributed by atoms with Crippen LogP contribution in [0.25, 0.3) is 0 Å². The highest BCUT2D eigenvalue weighted by Gasteiger charge is 2.51. The number of amides is 1. The fourth-order valence-electron chi connectivity index (χ4n) is 5.31. The summed E-state index contributed by atoms with van der Waals surface area (Å²) in [5.74, 6) is 2.73.